The quantitative estimate of drug-likeness (QED) is 0.333. The van der Waals surface area contributed by atoms with Crippen molar-refractivity contribution in [1.82, 2.24) is 34.9 Å². The number of aryl methyl sites for hydroxylation is 2. The number of fused-ring (bicyclic) bond motifs is 1. The van der Waals surface area contributed by atoms with Gasteiger partial charge in [0.2, 0.25) is 11.7 Å². The summed E-state index contributed by atoms with van der Waals surface area (Å²) in [6, 6.07) is 12.9. The van der Waals surface area contributed by atoms with Crippen molar-refractivity contribution >= 4 is 5.69 Å². The van der Waals surface area contributed by atoms with Gasteiger partial charge in [0.15, 0.2) is 12.6 Å². The maximum Gasteiger partial charge on any atom is 0.350 e. The van der Waals surface area contributed by atoms with Gasteiger partial charge in [0.05, 0.1) is 6.61 Å². The molecule has 2 N–H and O–H groups in total. The van der Waals surface area contributed by atoms with Crippen molar-refractivity contribution in [2.75, 3.05) is 12.1 Å². The SMILES string of the molecule is CCc1cc(C(Nc2ccc(-c3noc(C)n3)cc2)c2nn(-c3ncccn3)c(=O)[nH]2)cc2c1OCOC2. The first-order chi connectivity index (χ1) is 18.6. The number of H-pyrrole nitrogens is 1. The van der Waals surface area contributed by atoms with E-state index in [4.69, 9.17) is 14.0 Å². The predicted molar refractivity (Wildman–Crippen MR) is 136 cm³/mol. The van der Waals surface area contributed by atoms with Crippen LogP contribution in [0.25, 0.3) is 17.3 Å². The molecule has 4 heterocycles. The van der Waals surface area contributed by atoms with Gasteiger partial charge in [-0.3, -0.25) is 4.98 Å². The van der Waals surface area contributed by atoms with Crippen LogP contribution in [0.1, 0.15) is 41.4 Å². The van der Waals surface area contributed by atoms with Gasteiger partial charge in [0.1, 0.15) is 11.8 Å². The Kier molecular flexibility index (Phi) is 6.14. The zero-order chi connectivity index (χ0) is 26.1. The van der Waals surface area contributed by atoms with Gasteiger partial charge >= 0.3 is 5.69 Å². The van der Waals surface area contributed by atoms with E-state index in [-0.39, 0.29) is 12.7 Å². The van der Waals surface area contributed by atoms with E-state index >= 15 is 0 Å². The lowest BCUT2D eigenvalue weighted by Gasteiger charge is -2.24. The average Bonchev–Trinajstić information content (AvgIpc) is 3.57. The minimum atomic E-state index is -0.511. The average molecular weight is 513 g/mol. The third-order valence-electron chi connectivity index (χ3n) is 6.16. The fourth-order valence-corrected chi connectivity index (χ4v) is 4.37. The highest BCUT2D eigenvalue weighted by atomic mass is 16.7. The topological polar surface area (TPSA) is 146 Å². The molecule has 0 amide bonds. The van der Waals surface area contributed by atoms with E-state index in [0.717, 1.165) is 44.8 Å². The standard InChI is InChI=1S/C26H24N8O4/c1-3-16-11-18(12-19-13-36-14-37-22(16)19)21(24-31-26(35)34(32-24)25-27-9-4-10-28-25)30-20-7-5-17(6-8-20)23-29-15(2)38-33-23/h4-12,21,30H,3,13-14H2,1-2H3,(H,31,32,35). The lowest BCUT2D eigenvalue weighted by Crippen LogP contribution is -2.18. The minimum absolute atomic E-state index is 0.181. The van der Waals surface area contributed by atoms with Gasteiger partial charge < -0.3 is 19.3 Å². The molecule has 0 aliphatic carbocycles. The van der Waals surface area contributed by atoms with E-state index in [0.29, 0.717) is 24.1 Å². The van der Waals surface area contributed by atoms with Crippen LogP contribution in [0.2, 0.25) is 0 Å². The molecule has 0 saturated heterocycles. The monoisotopic (exact) mass is 512 g/mol. The molecule has 5 aromatic rings. The Morgan fingerprint density at radius 2 is 1.97 bits per heavy atom. The number of nitrogens with zero attached hydrogens (tertiary/aromatic N) is 6. The smallest absolute Gasteiger partial charge is 0.350 e. The first-order valence-electron chi connectivity index (χ1n) is 12.1. The van der Waals surface area contributed by atoms with E-state index in [9.17, 15) is 4.79 Å². The molecule has 1 unspecified atom stereocenters. The van der Waals surface area contributed by atoms with Crippen LogP contribution in [0.15, 0.2) is 64.2 Å². The predicted octanol–water partition coefficient (Wildman–Crippen LogP) is 3.34. The van der Waals surface area contributed by atoms with Gasteiger partial charge in [0.25, 0.3) is 5.95 Å². The van der Waals surface area contributed by atoms with Crippen LogP contribution >= 0.6 is 0 Å². The summed E-state index contributed by atoms with van der Waals surface area (Å²) >= 11 is 0. The van der Waals surface area contributed by atoms with E-state index in [2.05, 4.69) is 48.5 Å². The number of ether oxygens (including phenoxy) is 2. The molecule has 2 aromatic carbocycles. The van der Waals surface area contributed by atoms with Crippen molar-refractivity contribution in [1.29, 1.82) is 0 Å². The van der Waals surface area contributed by atoms with Crippen molar-refractivity contribution in [3.05, 3.63) is 93.7 Å². The number of aromatic amines is 1. The Labute approximate surface area is 216 Å². The van der Waals surface area contributed by atoms with Crippen molar-refractivity contribution in [2.24, 2.45) is 0 Å². The van der Waals surface area contributed by atoms with Crippen molar-refractivity contribution in [2.45, 2.75) is 32.9 Å². The largest absolute Gasteiger partial charge is 0.467 e. The molecule has 38 heavy (non-hydrogen) atoms. The fourth-order valence-electron chi connectivity index (χ4n) is 4.37. The molecule has 192 valence electrons. The number of hydrogen-bond donors (Lipinski definition) is 2. The lowest BCUT2D eigenvalue weighted by molar-refractivity contribution is -0.0170. The summed E-state index contributed by atoms with van der Waals surface area (Å²) in [6.45, 7) is 4.48. The second-order valence-electron chi connectivity index (χ2n) is 8.70. The van der Waals surface area contributed by atoms with E-state index in [1.54, 1.807) is 25.4 Å². The van der Waals surface area contributed by atoms with E-state index in [1.165, 1.54) is 0 Å². The Balaban J connectivity index is 1.41. The van der Waals surface area contributed by atoms with E-state index in [1.807, 2.05) is 30.3 Å². The normalized spacial score (nSPS) is 13.5. The Morgan fingerprint density at radius 1 is 1.16 bits per heavy atom. The molecule has 0 spiro atoms. The van der Waals surface area contributed by atoms with Crippen LogP contribution in [-0.4, -0.2) is 41.7 Å². The van der Waals surface area contributed by atoms with Crippen molar-refractivity contribution in [3.63, 3.8) is 0 Å². The van der Waals surface area contributed by atoms with Crippen LogP contribution in [-0.2, 0) is 17.8 Å². The zero-order valence-corrected chi connectivity index (χ0v) is 20.7. The lowest BCUT2D eigenvalue weighted by atomic mass is 9.97. The number of hydrogen-bond acceptors (Lipinski definition) is 10. The number of anilines is 1. The summed E-state index contributed by atoms with van der Waals surface area (Å²) in [5.74, 6) is 2.44. The third kappa shape index (κ3) is 4.52. The Morgan fingerprint density at radius 3 is 2.71 bits per heavy atom. The fraction of sp³-hybridized carbons (Fsp3) is 0.231. The molecule has 12 nitrogen and oxygen atoms in total. The number of nitrogens with one attached hydrogen (secondary N) is 2. The van der Waals surface area contributed by atoms with Crippen LogP contribution in [0, 0.1) is 6.92 Å². The number of aromatic nitrogens is 7. The molecule has 1 aliphatic rings. The highest BCUT2D eigenvalue weighted by molar-refractivity contribution is 5.60. The number of benzene rings is 2. The zero-order valence-electron chi connectivity index (χ0n) is 20.7. The van der Waals surface area contributed by atoms with Crippen LogP contribution in [0.3, 0.4) is 0 Å². The molecule has 3 aromatic heterocycles. The first-order valence-corrected chi connectivity index (χ1v) is 12.1. The maximum absolute atomic E-state index is 12.9. The van der Waals surface area contributed by atoms with Gasteiger partial charge in [-0.05, 0) is 60.0 Å². The van der Waals surface area contributed by atoms with Crippen LogP contribution in [0.5, 0.6) is 5.75 Å². The van der Waals surface area contributed by atoms with Gasteiger partial charge in [-0.25, -0.2) is 14.8 Å². The molecular formula is C26H24N8O4. The Bertz CT molecular complexity index is 1610. The summed E-state index contributed by atoms with van der Waals surface area (Å²) in [4.78, 5) is 28.3. The molecular weight excluding hydrogens is 488 g/mol. The third-order valence-corrected chi connectivity index (χ3v) is 6.16. The van der Waals surface area contributed by atoms with Gasteiger partial charge in [-0.1, -0.05) is 12.1 Å². The van der Waals surface area contributed by atoms with Gasteiger partial charge in [0, 0.05) is 36.1 Å². The second-order valence-corrected chi connectivity index (χ2v) is 8.70. The molecule has 6 rings (SSSR count). The Hall–Kier alpha value is -4.84. The molecule has 0 fully saturated rings. The molecule has 0 radical (unpaired) electrons. The highest BCUT2D eigenvalue weighted by Gasteiger charge is 2.25. The number of rotatable bonds is 7. The first kappa shape index (κ1) is 23.6. The summed E-state index contributed by atoms with van der Waals surface area (Å²) in [5, 5.41) is 12.0. The molecule has 1 aliphatic heterocycles. The minimum Gasteiger partial charge on any atom is -0.467 e. The molecule has 12 heteroatoms. The van der Waals surface area contributed by atoms with Crippen LogP contribution < -0.4 is 15.7 Å². The summed E-state index contributed by atoms with van der Waals surface area (Å²) < 4.78 is 17.6. The van der Waals surface area contributed by atoms with Gasteiger partial charge in [-0.2, -0.15) is 4.98 Å². The second kappa shape index (κ2) is 9.90. The maximum atomic E-state index is 12.9. The summed E-state index contributed by atoms with van der Waals surface area (Å²) in [5.41, 5.74) is 4.05. The summed E-state index contributed by atoms with van der Waals surface area (Å²) in [7, 11) is 0. The van der Waals surface area contributed by atoms with Crippen LogP contribution in [0.4, 0.5) is 5.69 Å². The highest BCUT2D eigenvalue weighted by Crippen LogP contribution is 2.34. The summed E-state index contributed by atoms with van der Waals surface area (Å²) in [6.07, 6.45) is 3.88. The van der Waals surface area contributed by atoms with Gasteiger partial charge in [-0.15, -0.1) is 9.78 Å². The molecule has 1 atom stereocenters. The van der Waals surface area contributed by atoms with Crippen molar-refractivity contribution in [3.8, 4) is 23.1 Å². The van der Waals surface area contributed by atoms with E-state index < -0.39 is 11.7 Å². The molecule has 0 bridgehead atoms. The van der Waals surface area contributed by atoms with Crippen molar-refractivity contribution < 1.29 is 14.0 Å². The molecule has 0 saturated carbocycles.